The fourth-order valence-corrected chi connectivity index (χ4v) is 2.19. The fourth-order valence-electron chi connectivity index (χ4n) is 1.48. The third-order valence-corrected chi connectivity index (χ3v) is 3.48. The van der Waals surface area contributed by atoms with Crippen molar-refractivity contribution in [2.45, 2.75) is 0 Å². The van der Waals surface area contributed by atoms with E-state index in [0.717, 1.165) is 10.5 Å². The Bertz CT molecular complexity index is 681. The molecule has 19 heavy (non-hydrogen) atoms. The van der Waals surface area contributed by atoms with Crippen LogP contribution in [0, 0.1) is 23.0 Å². The number of halogens is 4. The quantitative estimate of drug-likeness (QED) is 0.727. The Morgan fingerprint density at radius 1 is 1.00 bits per heavy atom. The van der Waals surface area contributed by atoms with Crippen molar-refractivity contribution >= 4 is 43.2 Å². The summed E-state index contributed by atoms with van der Waals surface area (Å²) in [5, 5.41) is 11.8. The molecule has 0 bridgehead atoms. The maximum Gasteiger partial charge on any atom is 0.149 e. The Labute approximate surface area is 125 Å². The van der Waals surface area contributed by atoms with E-state index in [1.54, 1.807) is 18.2 Å². The van der Waals surface area contributed by atoms with E-state index in [-0.39, 0.29) is 10.2 Å². The Balaban J connectivity index is 2.42. The molecule has 0 saturated heterocycles. The Morgan fingerprint density at radius 3 is 2.42 bits per heavy atom. The molecule has 2 nitrogen and oxygen atoms in total. The van der Waals surface area contributed by atoms with Gasteiger partial charge in [0.15, 0.2) is 0 Å². The summed E-state index contributed by atoms with van der Waals surface area (Å²) < 4.78 is 27.6. The van der Waals surface area contributed by atoms with Crippen LogP contribution in [0.2, 0.25) is 0 Å². The lowest BCUT2D eigenvalue weighted by Crippen LogP contribution is -1.97. The average molecular weight is 388 g/mol. The SMILES string of the molecule is N#Cc1cc(Br)ccc1Nc1cc(Br)c(F)cc1F. The minimum atomic E-state index is -0.729. The summed E-state index contributed by atoms with van der Waals surface area (Å²) in [7, 11) is 0. The number of nitrogens with one attached hydrogen (secondary N) is 1. The standard InChI is InChI=1S/C13H6Br2F2N2/c14-8-1-2-12(7(3-8)6-18)19-13-4-9(15)10(16)5-11(13)17/h1-5,19H. The van der Waals surface area contributed by atoms with Gasteiger partial charge in [-0.1, -0.05) is 15.9 Å². The first-order valence-corrected chi connectivity index (χ1v) is 6.71. The predicted molar refractivity (Wildman–Crippen MR) is 76.2 cm³/mol. The molecular weight excluding hydrogens is 382 g/mol. The van der Waals surface area contributed by atoms with Crippen LogP contribution in [0.1, 0.15) is 5.56 Å². The van der Waals surface area contributed by atoms with Crippen molar-refractivity contribution in [1.29, 1.82) is 5.26 Å². The van der Waals surface area contributed by atoms with Gasteiger partial charge in [0.2, 0.25) is 0 Å². The van der Waals surface area contributed by atoms with E-state index >= 15 is 0 Å². The smallest absolute Gasteiger partial charge is 0.149 e. The molecule has 2 aromatic rings. The predicted octanol–water partition coefficient (Wildman–Crippen LogP) is 5.11. The zero-order valence-electron chi connectivity index (χ0n) is 9.35. The summed E-state index contributed by atoms with van der Waals surface area (Å²) in [6.07, 6.45) is 0. The van der Waals surface area contributed by atoms with Gasteiger partial charge < -0.3 is 5.32 Å². The number of benzene rings is 2. The maximum absolute atomic E-state index is 13.6. The van der Waals surface area contributed by atoms with Crippen LogP contribution in [0.5, 0.6) is 0 Å². The lowest BCUT2D eigenvalue weighted by molar-refractivity contribution is 0.581. The third-order valence-electron chi connectivity index (χ3n) is 2.38. The van der Waals surface area contributed by atoms with Crippen molar-refractivity contribution in [1.82, 2.24) is 0 Å². The van der Waals surface area contributed by atoms with E-state index in [0.29, 0.717) is 11.3 Å². The van der Waals surface area contributed by atoms with Crippen LogP contribution in [0.3, 0.4) is 0 Å². The van der Waals surface area contributed by atoms with Gasteiger partial charge in [0.1, 0.15) is 17.7 Å². The number of nitriles is 1. The zero-order valence-corrected chi connectivity index (χ0v) is 12.5. The molecule has 96 valence electrons. The van der Waals surface area contributed by atoms with Gasteiger partial charge in [0.25, 0.3) is 0 Å². The molecule has 0 aliphatic rings. The van der Waals surface area contributed by atoms with Gasteiger partial charge in [-0.05, 0) is 40.2 Å². The average Bonchev–Trinajstić information content (AvgIpc) is 2.37. The molecule has 0 amide bonds. The van der Waals surface area contributed by atoms with Crippen LogP contribution in [0.25, 0.3) is 0 Å². The summed E-state index contributed by atoms with van der Waals surface area (Å²) >= 11 is 6.23. The Morgan fingerprint density at radius 2 is 1.74 bits per heavy atom. The van der Waals surface area contributed by atoms with Gasteiger partial charge in [0.05, 0.1) is 21.4 Å². The van der Waals surface area contributed by atoms with Gasteiger partial charge in [-0.3, -0.25) is 0 Å². The van der Waals surface area contributed by atoms with Crippen LogP contribution >= 0.6 is 31.9 Å². The van der Waals surface area contributed by atoms with Gasteiger partial charge in [-0.25, -0.2) is 8.78 Å². The topological polar surface area (TPSA) is 35.8 Å². The molecule has 0 fully saturated rings. The molecule has 0 aliphatic heterocycles. The number of rotatable bonds is 2. The zero-order chi connectivity index (χ0) is 14.0. The van der Waals surface area contributed by atoms with Gasteiger partial charge in [-0.2, -0.15) is 5.26 Å². The monoisotopic (exact) mass is 386 g/mol. The van der Waals surface area contributed by atoms with Crippen molar-refractivity contribution in [2.75, 3.05) is 5.32 Å². The minimum absolute atomic E-state index is 0.0899. The molecule has 0 heterocycles. The number of nitrogens with zero attached hydrogens (tertiary/aromatic N) is 1. The van der Waals surface area contributed by atoms with Gasteiger partial charge in [0, 0.05) is 10.5 Å². The normalized spacial score (nSPS) is 10.1. The molecule has 2 rings (SSSR count). The van der Waals surface area contributed by atoms with E-state index in [2.05, 4.69) is 37.2 Å². The van der Waals surface area contributed by atoms with Crippen molar-refractivity contribution in [3.8, 4) is 6.07 Å². The molecule has 0 saturated carbocycles. The molecular formula is C13H6Br2F2N2. The molecule has 1 N–H and O–H groups in total. The lowest BCUT2D eigenvalue weighted by Gasteiger charge is -2.10. The van der Waals surface area contributed by atoms with Gasteiger partial charge >= 0.3 is 0 Å². The highest BCUT2D eigenvalue weighted by atomic mass is 79.9. The van der Waals surface area contributed by atoms with Crippen molar-refractivity contribution in [3.05, 3.63) is 56.5 Å². The first kappa shape index (κ1) is 14.0. The summed E-state index contributed by atoms with van der Waals surface area (Å²) in [4.78, 5) is 0. The van der Waals surface area contributed by atoms with Crippen molar-refractivity contribution in [2.24, 2.45) is 0 Å². The molecule has 6 heteroatoms. The third kappa shape index (κ3) is 3.11. The molecule has 2 aromatic carbocycles. The van der Waals surface area contributed by atoms with Gasteiger partial charge in [-0.15, -0.1) is 0 Å². The largest absolute Gasteiger partial charge is 0.352 e. The van der Waals surface area contributed by atoms with E-state index < -0.39 is 11.6 Å². The van der Waals surface area contributed by atoms with Crippen molar-refractivity contribution in [3.63, 3.8) is 0 Å². The molecule has 0 aromatic heterocycles. The highest BCUT2D eigenvalue weighted by molar-refractivity contribution is 9.10. The van der Waals surface area contributed by atoms with E-state index in [9.17, 15) is 8.78 Å². The Kier molecular flexibility index (Phi) is 4.17. The van der Waals surface area contributed by atoms with E-state index in [1.807, 2.05) is 6.07 Å². The van der Waals surface area contributed by atoms with Crippen LogP contribution in [-0.4, -0.2) is 0 Å². The molecule has 0 unspecified atom stereocenters. The van der Waals surface area contributed by atoms with E-state index in [1.165, 1.54) is 6.07 Å². The first-order chi connectivity index (χ1) is 9.01. The maximum atomic E-state index is 13.6. The van der Waals surface area contributed by atoms with E-state index in [4.69, 9.17) is 5.26 Å². The van der Waals surface area contributed by atoms with Crippen LogP contribution in [-0.2, 0) is 0 Å². The minimum Gasteiger partial charge on any atom is -0.352 e. The number of hydrogen-bond acceptors (Lipinski definition) is 2. The van der Waals surface area contributed by atoms with Crippen LogP contribution in [0.4, 0.5) is 20.2 Å². The van der Waals surface area contributed by atoms with Crippen molar-refractivity contribution < 1.29 is 8.78 Å². The number of anilines is 2. The van der Waals surface area contributed by atoms with Crippen LogP contribution < -0.4 is 5.32 Å². The molecule has 0 atom stereocenters. The molecule has 0 radical (unpaired) electrons. The lowest BCUT2D eigenvalue weighted by atomic mass is 10.2. The second kappa shape index (κ2) is 5.68. The summed E-state index contributed by atoms with van der Waals surface area (Å²) in [5.41, 5.74) is 0.893. The molecule has 0 spiro atoms. The highest BCUT2D eigenvalue weighted by Gasteiger charge is 2.10. The summed E-state index contributed by atoms with van der Waals surface area (Å²) in [6, 6.07) is 9.03. The van der Waals surface area contributed by atoms with Crippen LogP contribution in [0.15, 0.2) is 39.3 Å². The second-order valence-electron chi connectivity index (χ2n) is 3.67. The number of hydrogen-bond donors (Lipinski definition) is 1. The summed E-state index contributed by atoms with van der Waals surface area (Å²) in [6.45, 7) is 0. The second-order valence-corrected chi connectivity index (χ2v) is 5.44. The fraction of sp³-hybridized carbons (Fsp3) is 0. The summed E-state index contributed by atoms with van der Waals surface area (Å²) in [5.74, 6) is -1.41. The highest BCUT2D eigenvalue weighted by Crippen LogP contribution is 2.28. The first-order valence-electron chi connectivity index (χ1n) is 5.12. The Hall–Kier alpha value is -1.45. The molecule has 0 aliphatic carbocycles.